The third kappa shape index (κ3) is 3.07. The summed E-state index contributed by atoms with van der Waals surface area (Å²) < 4.78 is 41.6. The van der Waals surface area contributed by atoms with E-state index in [1.165, 1.54) is 19.0 Å². The van der Waals surface area contributed by atoms with Gasteiger partial charge in [-0.05, 0) is 44.2 Å². The van der Waals surface area contributed by atoms with Gasteiger partial charge in [0.25, 0.3) is 0 Å². The molecule has 1 saturated heterocycles. The van der Waals surface area contributed by atoms with Crippen LogP contribution >= 0.6 is 0 Å². The van der Waals surface area contributed by atoms with Gasteiger partial charge in [-0.1, -0.05) is 0 Å². The number of aromatic amines is 1. The number of anilines is 1. The van der Waals surface area contributed by atoms with Gasteiger partial charge in [0.2, 0.25) is 0 Å². The first-order chi connectivity index (χ1) is 15.3. The zero-order valence-electron chi connectivity index (χ0n) is 17.2. The average Bonchev–Trinajstić information content (AvgIpc) is 3.15. The molecule has 32 heavy (non-hydrogen) atoms. The van der Waals surface area contributed by atoms with Crippen LogP contribution in [0.3, 0.4) is 0 Å². The molecular formula is C20H22F3N9. The smallest absolute Gasteiger partial charge is 0.382 e. The van der Waals surface area contributed by atoms with Crippen molar-refractivity contribution < 1.29 is 13.2 Å². The molecule has 2 aliphatic heterocycles. The quantitative estimate of drug-likeness (QED) is 0.634. The Morgan fingerprint density at radius 1 is 1.16 bits per heavy atom. The third-order valence-corrected chi connectivity index (χ3v) is 7.04. The highest BCUT2D eigenvalue weighted by molar-refractivity contribution is 5.57. The van der Waals surface area contributed by atoms with Gasteiger partial charge in [0.15, 0.2) is 11.5 Å². The minimum absolute atomic E-state index is 0.0732. The summed E-state index contributed by atoms with van der Waals surface area (Å²) in [5.74, 6) is -0.0298. The number of halogens is 3. The van der Waals surface area contributed by atoms with E-state index in [0.717, 1.165) is 43.9 Å². The number of likely N-dealkylation sites (tertiary alicyclic amines) is 1. The van der Waals surface area contributed by atoms with Crippen LogP contribution in [0.4, 0.5) is 19.0 Å². The van der Waals surface area contributed by atoms with Crippen LogP contribution < -0.4 is 5.73 Å². The maximum atomic E-state index is 13.2. The molecule has 0 aromatic carbocycles. The van der Waals surface area contributed by atoms with Crippen LogP contribution in [0.15, 0.2) is 18.5 Å². The number of fused-ring (bicyclic) bond motifs is 2. The van der Waals surface area contributed by atoms with E-state index in [1.807, 2.05) is 16.9 Å². The van der Waals surface area contributed by atoms with Crippen LogP contribution in [0, 0.1) is 5.92 Å². The molecule has 2 fully saturated rings. The Balaban J connectivity index is 1.30. The van der Waals surface area contributed by atoms with E-state index >= 15 is 0 Å². The topological polar surface area (TPSA) is 114 Å². The normalized spacial score (nSPS) is 24.3. The van der Waals surface area contributed by atoms with E-state index < -0.39 is 17.7 Å². The van der Waals surface area contributed by atoms with Crippen molar-refractivity contribution in [3.63, 3.8) is 0 Å². The predicted octanol–water partition coefficient (Wildman–Crippen LogP) is 2.56. The Kier molecular flexibility index (Phi) is 4.14. The second-order valence-corrected chi connectivity index (χ2v) is 9.05. The molecule has 1 spiro atoms. The van der Waals surface area contributed by atoms with E-state index in [0.29, 0.717) is 11.6 Å². The monoisotopic (exact) mass is 445 g/mol. The van der Waals surface area contributed by atoms with E-state index in [1.54, 1.807) is 0 Å². The van der Waals surface area contributed by atoms with Gasteiger partial charge in [0.05, 0.1) is 24.1 Å². The van der Waals surface area contributed by atoms with Gasteiger partial charge >= 0.3 is 6.18 Å². The molecule has 1 unspecified atom stereocenters. The number of alkyl halides is 3. The van der Waals surface area contributed by atoms with Gasteiger partial charge in [0.1, 0.15) is 11.4 Å². The molecule has 9 nitrogen and oxygen atoms in total. The fourth-order valence-corrected chi connectivity index (χ4v) is 5.36. The van der Waals surface area contributed by atoms with E-state index in [-0.39, 0.29) is 17.2 Å². The SMILES string of the molecule is Nc1ncc(-c2cc3n(n2)CC[C@@]32CCN(C(c3cn[nH]n3)C3CC3)C2)nc1C(F)(F)F. The second kappa shape index (κ2) is 6.74. The zero-order valence-corrected chi connectivity index (χ0v) is 17.2. The van der Waals surface area contributed by atoms with Gasteiger partial charge in [-0.15, -0.1) is 0 Å². The molecule has 6 rings (SSSR count). The largest absolute Gasteiger partial charge is 0.437 e. The molecule has 5 heterocycles. The maximum absolute atomic E-state index is 13.2. The lowest BCUT2D eigenvalue weighted by molar-refractivity contribution is -0.140. The highest BCUT2D eigenvalue weighted by atomic mass is 19.4. The van der Waals surface area contributed by atoms with Crippen molar-refractivity contribution in [3.8, 4) is 11.4 Å². The van der Waals surface area contributed by atoms with Gasteiger partial charge in [-0.2, -0.15) is 33.7 Å². The molecule has 0 amide bonds. The summed E-state index contributed by atoms with van der Waals surface area (Å²) in [6, 6.07) is 2.13. The highest BCUT2D eigenvalue weighted by Crippen LogP contribution is 2.50. The number of nitrogen functional groups attached to an aromatic ring is 1. The van der Waals surface area contributed by atoms with Gasteiger partial charge in [-0.25, -0.2) is 9.97 Å². The molecule has 2 atom stereocenters. The van der Waals surface area contributed by atoms with E-state index in [2.05, 4.69) is 35.4 Å². The van der Waals surface area contributed by atoms with Crippen LogP contribution in [0.2, 0.25) is 0 Å². The van der Waals surface area contributed by atoms with Crippen LogP contribution in [0.5, 0.6) is 0 Å². The molecule has 168 valence electrons. The lowest BCUT2D eigenvalue weighted by Crippen LogP contribution is -2.33. The molecule has 3 aromatic rings. The van der Waals surface area contributed by atoms with Crippen molar-refractivity contribution in [1.29, 1.82) is 0 Å². The predicted molar refractivity (Wildman–Crippen MR) is 107 cm³/mol. The minimum atomic E-state index is -4.67. The van der Waals surface area contributed by atoms with Crippen molar-refractivity contribution in [1.82, 2.24) is 40.1 Å². The van der Waals surface area contributed by atoms with Crippen LogP contribution in [-0.2, 0) is 18.1 Å². The fourth-order valence-electron chi connectivity index (χ4n) is 5.36. The maximum Gasteiger partial charge on any atom is 0.437 e. The Morgan fingerprint density at radius 2 is 1.97 bits per heavy atom. The number of aryl methyl sites for hydroxylation is 1. The number of nitrogens with zero attached hydrogens (tertiary/aromatic N) is 7. The molecule has 3 N–H and O–H groups in total. The summed E-state index contributed by atoms with van der Waals surface area (Å²) in [7, 11) is 0. The van der Waals surface area contributed by atoms with Crippen LogP contribution in [0.1, 0.15) is 48.8 Å². The molecule has 1 saturated carbocycles. The van der Waals surface area contributed by atoms with Gasteiger partial charge in [-0.3, -0.25) is 9.58 Å². The lowest BCUT2D eigenvalue weighted by atomic mass is 9.82. The Hall–Kier alpha value is -3.02. The van der Waals surface area contributed by atoms with Crippen molar-refractivity contribution >= 4 is 5.82 Å². The third-order valence-electron chi connectivity index (χ3n) is 7.04. The van der Waals surface area contributed by atoms with Crippen molar-refractivity contribution in [2.75, 3.05) is 18.8 Å². The van der Waals surface area contributed by atoms with Crippen LogP contribution in [-0.4, -0.2) is 53.1 Å². The van der Waals surface area contributed by atoms with Crippen molar-refractivity contribution in [2.24, 2.45) is 5.92 Å². The first-order valence-corrected chi connectivity index (χ1v) is 10.7. The number of hydrogen-bond acceptors (Lipinski definition) is 7. The fraction of sp³-hybridized carbons (Fsp3) is 0.550. The number of H-pyrrole nitrogens is 1. The van der Waals surface area contributed by atoms with E-state index in [9.17, 15) is 13.2 Å². The number of rotatable bonds is 4. The molecule has 1 aliphatic carbocycles. The molecule has 0 bridgehead atoms. The minimum Gasteiger partial charge on any atom is -0.382 e. The lowest BCUT2D eigenvalue weighted by Gasteiger charge is -2.29. The zero-order chi connectivity index (χ0) is 22.1. The first-order valence-electron chi connectivity index (χ1n) is 10.7. The Labute approximate surface area is 181 Å². The highest BCUT2D eigenvalue weighted by Gasteiger charge is 2.50. The van der Waals surface area contributed by atoms with Gasteiger partial charge < -0.3 is 5.73 Å². The number of nitrogens with two attached hydrogens (primary N) is 1. The summed E-state index contributed by atoms with van der Waals surface area (Å²) in [5, 5.41) is 15.6. The number of nitrogens with one attached hydrogen (secondary N) is 1. The number of aromatic nitrogens is 7. The molecule has 3 aromatic heterocycles. The second-order valence-electron chi connectivity index (χ2n) is 9.05. The van der Waals surface area contributed by atoms with E-state index in [4.69, 9.17) is 5.73 Å². The average molecular weight is 445 g/mol. The molecular weight excluding hydrogens is 423 g/mol. The molecule has 3 aliphatic rings. The summed E-state index contributed by atoms with van der Waals surface area (Å²) >= 11 is 0. The number of hydrogen-bond donors (Lipinski definition) is 2. The Bertz CT molecular complexity index is 1150. The van der Waals surface area contributed by atoms with Crippen LogP contribution in [0.25, 0.3) is 11.4 Å². The molecule has 0 radical (unpaired) electrons. The molecule has 12 heteroatoms. The summed E-state index contributed by atoms with van der Waals surface area (Å²) in [6.07, 6.45) is 2.72. The van der Waals surface area contributed by atoms with Crippen molar-refractivity contribution in [3.05, 3.63) is 35.5 Å². The standard InChI is InChI=1S/C20H22F3N9/c21-20(22,23)17-18(24)25-8-13(27-17)12-7-15-19(4-6-32(15)29-12)3-5-31(10-19)16(11-1-2-11)14-9-26-30-28-14/h7-9,11,16H,1-6,10H2,(H2,24,25)(H,26,28,30)/t16?,19-/m1/s1. The van der Waals surface area contributed by atoms with Crippen molar-refractivity contribution in [2.45, 2.75) is 49.9 Å². The van der Waals surface area contributed by atoms with Gasteiger partial charge in [0, 0.05) is 24.2 Å². The summed E-state index contributed by atoms with van der Waals surface area (Å²) in [4.78, 5) is 9.93. The first kappa shape index (κ1) is 19.6. The summed E-state index contributed by atoms with van der Waals surface area (Å²) in [5.41, 5.74) is 6.66. The summed E-state index contributed by atoms with van der Waals surface area (Å²) in [6.45, 7) is 2.54. The Morgan fingerprint density at radius 3 is 2.69 bits per heavy atom.